The number of fused-ring (bicyclic) bond motifs is 1. The maximum atomic E-state index is 12.7. The van der Waals surface area contributed by atoms with E-state index in [1.54, 1.807) is 41.8 Å². The summed E-state index contributed by atoms with van der Waals surface area (Å²) >= 11 is 7.12. The van der Waals surface area contributed by atoms with Crippen molar-refractivity contribution in [3.63, 3.8) is 0 Å². The van der Waals surface area contributed by atoms with Gasteiger partial charge < -0.3 is 0 Å². The van der Waals surface area contributed by atoms with E-state index in [2.05, 4.69) is 4.72 Å². The summed E-state index contributed by atoms with van der Waals surface area (Å²) in [6.07, 6.45) is 0. The van der Waals surface area contributed by atoms with Gasteiger partial charge in [0.1, 0.15) is 0 Å². The van der Waals surface area contributed by atoms with Gasteiger partial charge in [-0.1, -0.05) is 29.0 Å². The summed E-state index contributed by atoms with van der Waals surface area (Å²) in [6, 6.07) is 9.89. The lowest BCUT2D eigenvalue weighted by molar-refractivity contribution is 0.600. The number of hydrogen-bond acceptors (Lipinski definition) is 4. The summed E-state index contributed by atoms with van der Waals surface area (Å²) in [5, 5.41) is 0.394. The summed E-state index contributed by atoms with van der Waals surface area (Å²) < 4.78 is 30.3. The van der Waals surface area contributed by atoms with Crippen molar-refractivity contribution >= 4 is 48.9 Å². The molecule has 0 saturated heterocycles. The van der Waals surface area contributed by atoms with Crippen molar-refractivity contribution in [1.82, 2.24) is 4.57 Å². The second-order valence-corrected chi connectivity index (χ2v) is 9.03. The number of sulfonamides is 1. The number of nitrogens with zero attached hydrogens (tertiary/aromatic N) is 1. The summed E-state index contributed by atoms with van der Waals surface area (Å²) in [5.74, 6) is 0. The zero-order valence-electron chi connectivity index (χ0n) is 13.9. The number of aromatic nitrogens is 1. The van der Waals surface area contributed by atoms with Crippen molar-refractivity contribution in [1.29, 1.82) is 0 Å². The van der Waals surface area contributed by atoms with E-state index >= 15 is 0 Å². The standard InChI is InChI=1S/C17H17ClN2O3S2/c1-10(2)20-14-8-7-12(9-15(14)24-17(20)21)19-25(22,23)16-6-4-5-13(18)11(16)3/h4-10,19H,1-3H3. The molecule has 0 aliphatic heterocycles. The molecule has 2 aromatic carbocycles. The SMILES string of the molecule is Cc1c(Cl)cccc1S(=O)(=O)Nc1ccc2c(c1)sc(=O)n2C(C)C. The van der Waals surface area contributed by atoms with Gasteiger partial charge >= 0.3 is 4.87 Å². The van der Waals surface area contributed by atoms with Crippen molar-refractivity contribution in [2.45, 2.75) is 31.7 Å². The Balaban J connectivity index is 2.03. The molecule has 5 nitrogen and oxygen atoms in total. The quantitative estimate of drug-likeness (QED) is 0.710. The minimum Gasteiger partial charge on any atom is -0.296 e. The van der Waals surface area contributed by atoms with Gasteiger partial charge in [0.15, 0.2) is 0 Å². The van der Waals surface area contributed by atoms with Gasteiger partial charge in [-0.25, -0.2) is 8.42 Å². The summed E-state index contributed by atoms with van der Waals surface area (Å²) in [4.78, 5) is 12.2. The fourth-order valence-corrected chi connectivity index (χ4v) is 5.28. The second kappa shape index (κ2) is 6.48. The Bertz CT molecular complexity index is 1110. The molecule has 0 atom stereocenters. The van der Waals surface area contributed by atoms with Gasteiger partial charge in [0, 0.05) is 11.1 Å². The smallest absolute Gasteiger partial charge is 0.296 e. The molecule has 132 valence electrons. The second-order valence-electron chi connectivity index (χ2n) is 5.98. The lowest BCUT2D eigenvalue weighted by Gasteiger charge is -2.12. The summed E-state index contributed by atoms with van der Waals surface area (Å²) in [5.41, 5.74) is 1.70. The molecule has 0 amide bonds. The van der Waals surface area contributed by atoms with Crippen LogP contribution in [-0.4, -0.2) is 13.0 Å². The lowest BCUT2D eigenvalue weighted by atomic mass is 10.2. The first-order valence-corrected chi connectivity index (χ1v) is 10.3. The number of halogens is 1. The fourth-order valence-electron chi connectivity index (χ4n) is 2.68. The molecule has 1 heterocycles. The maximum absolute atomic E-state index is 12.7. The van der Waals surface area contributed by atoms with Crippen LogP contribution >= 0.6 is 22.9 Å². The number of anilines is 1. The normalized spacial score (nSPS) is 12.0. The predicted molar refractivity (Wildman–Crippen MR) is 103 cm³/mol. The van der Waals surface area contributed by atoms with Gasteiger partial charge in [-0.2, -0.15) is 0 Å². The van der Waals surface area contributed by atoms with Crippen molar-refractivity contribution in [3.05, 3.63) is 56.7 Å². The molecule has 3 rings (SSSR count). The van der Waals surface area contributed by atoms with Crippen LogP contribution in [0.2, 0.25) is 5.02 Å². The van der Waals surface area contributed by atoms with Crippen LogP contribution in [-0.2, 0) is 10.0 Å². The third-order valence-electron chi connectivity index (χ3n) is 3.89. The Morgan fingerprint density at radius 3 is 2.60 bits per heavy atom. The molecule has 0 bridgehead atoms. The highest BCUT2D eigenvalue weighted by molar-refractivity contribution is 7.92. The molecule has 0 fully saturated rings. The van der Waals surface area contributed by atoms with E-state index in [9.17, 15) is 13.2 Å². The molecule has 0 unspecified atom stereocenters. The lowest BCUT2D eigenvalue weighted by Crippen LogP contribution is -2.15. The first kappa shape index (κ1) is 18.0. The molecule has 3 aromatic rings. The molecule has 1 N–H and O–H groups in total. The average Bonchev–Trinajstić information content (AvgIpc) is 2.84. The van der Waals surface area contributed by atoms with Crippen LogP contribution in [0.5, 0.6) is 0 Å². The van der Waals surface area contributed by atoms with Gasteiger partial charge in [-0.15, -0.1) is 0 Å². The molecule has 0 aliphatic rings. The van der Waals surface area contributed by atoms with E-state index in [0.29, 0.717) is 16.3 Å². The molecular weight excluding hydrogens is 380 g/mol. The molecule has 0 radical (unpaired) electrons. The average molecular weight is 397 g/mol. The Morgan fingerprint density at radius 2 is 1.92 bits per heavy atom. The maximum Gasteiger partial charge on any atom is 0.308 e. The number of hydrogen-bond donors (Lipinski definition) is 1. The Kier molecular flexibility index (Phi) is 4.66. The number of benzene rings is 2. The van der Waals surface area contributed by atoms with Gasteiger partial charge in [-0.3, -0.25) is 14.1 Å². The molecule has 25 heavy (non-hydrogen) atoms. The zero-order chi connectivity index (χ0) is 18.4. The van der Waals surface area contributed by atoms with E-state index in [-0.39, 0.29) is 15.8 Å². The minimum atomic E-state index is -3.77. The first-order chi connectivity index (χ1) is 11.7. The van der Waals surface area contributed by atoms with Crippen LogP contribution in [0.1, 0.15) is 25.5 Å². The highest BCUT2D eigenvalue weighted by Gasteiger charge is 2.19. The van der Waals surface area contributed by atoms with Gasteiger partial charge in [0.05, 0.1) is 20.8 Å². The molecule has 8 heteroatoms. The summed E-state index contributed by atoms with van der Waals surface area (Å²) in [7, 11) is -3.77. The van der Waals surface area contributed by atoms with Gasteiger partial charge in [0.25, 0.3) is 10.0 Å². The van der Waals surface area contributed by atoms with E-state index in [0.717, 1.165) is 21.6 Å². The van der Waals surface area contributed by atoms with Crippen LogP contribution in [0.4, 0.5) is 5.69 Å². The van der Waals surface area contributed by atoms with Crippen molar-refractivity contribution < 1.29 is 8.42 Å². The highest BCUT2D eigenvalue weighted by atomic mass is 35.5. The minimum absolute atomic E-state index is 0.0397. The van der Waals surface area contributed by atoms with Crippen LogP contribution in [0.15, 0.2) is 46.1 Å². The highest BCUT2D eigenvalue weighted by Crippen LogP contribution is 2.28. The molecule has 0 aliphatic carbocycles. The summed E-state index contributed by atoms with van der Waals surface area (Å²) in [6.45, 7) is 5.53. The Hall–Kier alpha value is -1.83. The third-order valence-corrected chi connectivity index (χ3v) is 6.74. The fraction of sp³-hybridized carbons (Fsp3) is 0.235. The van der Waals surface area contributed by atoms with E-state index < -0.39 is 10.0 Å². The largest absolute Gasteiger partial charge is 0.308 e. The van der Waals surface area contributed by atoms with Crippen molar-refractivity contribution in [3.8, 4) is 0 Å². The van der Waals surface area contributed by atoms with Crippen molar-refractivity contribution in [2.75, 3.05) is 4.72 Å². The molecular formula is C17H17ClN2O3S2. The molecule has 1 aromatic heterocycles. The van der Waals surface area contributed by atoms with E-state index in [4.69, 9.17) is 11.6 Å². The van der Waals surface area contributed by atoms with Crippen molar-refractivity contribution in [2.24, 2.45) is 0 Å². The zero-order valence-corrected chi connectivity index (χ0v) is 16.3. The van der Waals surface area contributed by atoms with Crippen LogP contribution in [0.3, 0.4) is 0 Å². The Labute approximate surface area is 154 Å². The van der Waals surface area contributed by atoms with Gasteiger partial charge in [-0.05, 0) is 56.7 Å². The topological polar surface area (TPSA) is 68.2 Å². The Morgan fingerprint density at radius 1 is 1.20 bits per heavy atom. The van der Waals surface area contributed by atoms with Gasteiger partial charge in [0.2, 0.25) is 0 Å². The first-order valence-electron chi connectivity index (χ1n) is 7.64. The number of nitrogens with one attached hydrogen (secondary N) is 1. The predicted octanol–water partition coefficient (Wildman–Crippen LogP) is 4.41. The van der Waals surface area contributed by atoms with E-state index in [1.807, 2.05) is 13.8 Å². The monoisotopic (exact) mass is 396 g/mol. The molecule has 0 saturated carbocycles. The van der Waals surface area contributed by atoms with Crippen LogP contribution in [0.25, 0.3) is 10.2 Å². The van der Waals surface area contributed by atoms with E-state index in [1.165, 1.54) is 6.07 Å². The number of rotatable bonds is 4. The molecule has 0 spiro atoms. The third kappa shape index (κ3) is 3.31. The number of thiazole rings is 1. The van der Waals surface area contributed by atoms with Crippen LogP contribution in [0, 0.1) is 6.92 Å². The van der Waals surface area contributed by atoms with Crippen LogP contribution < -0.4 is 9.60 Å².